The molecule has 5 aromatic rings. The predicted molar refractivity (Wildman–Crippen MR) is 177 cm³/mol. The molecule has 3 aliphatic heterocycles. The summed E-state index contributed by atoms with van der Waals surface area (Å²) in [6, 6.07) is 8.25. The third-order valence-electron chi connectivity index (χ3n) is 9.72. The van der Waals surface area contributed by atoms with E-state index >= 15 is 0 Å². The molecule has 1 N–H and O–H groups in total. The summed E-state index contributed by atoms with van der Waals surface area (Å²) in [5, 5.41) is 9.38. The maximum absolute atomic E-state index is 13.7. The van der Waals surface area contributed by atoms with Crippen molar-refractivity contribution in [3.8, 4) is 16.9 Å². The Bertz CT molecular complexity index is 2050. The quantitative estimate of drug-likeness (QED) is 0.306. The monoisotopic (exact) mass is 619 g/mol. The molecule has 5 aromatic heterocycles. The van der Waals surface area contributed by atoms with E-state index in [1.165, 1.54) is 10.4 Å². The number of hydrogen-bond acceptors (Lipinski definition) is 9. The maximum Gasteiger partial charge on any atom is 0.282 e. The van der Waals surface area contributed by atoms with E-state index in [1.54, 1.807) is 30.2 Å². The van der Waals surface area contributed by atoms with Gasteiger partial charge in [0.15, 0.2) is 5.82 Å². The van der Waals surface area contributed by atoms with E-state index in [4.69, 9.17) is 4.74 Å². The molecular weight excluding hydrogens is 582 g/mol. The molecule has 0 bridgehead atoms. The van der Waals surface area contributed by atoms with E-state index in [-0.39, 0.29) is 11.1 Å². The highest BCUT2D eigenvalue weighted by molar-refractivity contribution is 5.84. The molecule has 0 saturated carbocycles. The van der Waals surface area contributed by atoms with Crippen LogP contribution in [0.1, 0.15) is 24.1 Å². The van der Waals surface area contributed by atoms with Crippen molar-refractivity contribution in [3.05, 3.63) is 87.2 Å². The lowest BCUT2D eigenvalue weighted by Crippen LogP contribution is -2.56. The minimum Gasteiger partial charge on any atom is -0.378 e. The minimum atomic E-state index is -0.181. The predicted octanol–water partition coefficient (Wildman–Crippen LogP) is 3.25. The van der Waals surface area contributed by atoms with Crippen molar-refractivity contribution in [1.82, 2.24) is 33.8 Å². The van der Waals surface area contributed by atoms with Crippen LogP contribution in [0.25, 0.3) is 27.7 Å². The molecule has 0 unspecified atom stereocenters. The molecule has 0 atom stereocenters. The highest BCUT2D eigenvalue weighted by Gasteiger charge is 2.29. The van der Waals surface area contributed by atoms with Gasteiger partial charge in [0.05, 0.1) is 42.7 Å². The molecule has 8 heterocycles. The number of ether oxygens (including phenoxy) is 1. The Balaban J connectivity index is 1.06. The molecule has 0 spiro atoms. The summed E-state index contributed by atoms with van der Waals surface area (Å²) in [6.07, 6.45) is 12.3. The molecular formula is C34H37N9O3. The third-order valence-corrected chi connectivity index (χ3v) is 9.72. The van der Waals surface area contributed by atoms with Gasteiger partial charge in [-0.05, 0) is 56.0 Å². The van der Waals surface area contributed by atoms with Gasteiger partial charge in [-0.1, -0.05) is 0 Å². The average molecular weight is 620 g/mol. The van der Waals surface area contributed by atoms with Gasteiger partial charge in [0.2, 0.25) is 0 Å². The number of aryl methyl sites for hydroxylation is 3. The van der Waals surface area contributed by atoms with Gasteiger partial charge in [0, 0.05) is 80.6 Å². The molecule has 46 heavy (non-hydrogen) atoms. The number of hydrogen-bond donors (Lipinski definition) is 1. The van der Waals surface area contributed by atoms with Crippen LogP contribution in [0.5, 0.6) is 0 Å². The zero-order chi connectivity index (χ0) is 31.4. The summed E-state index contributed by atoms with van der Waals surface area (Å²) in [5.74, 6) is 1.06. The number of piperazine rings is 1. The van der Waals surface area contributed by atoms with E-state index in [9.17, 15) is 9.59 Å². The van der Waals surface area contributed by atoms with Gasteiger partial charge in [-0.25, -0.2) is 9.97 Å². The molecule has 0 aliphatic carbocycles. The molecule has 0 amide bonds. The largest absolute Gasteiger partial charge is 0.378 e. The fourth-order valence-electron chi connectivity index (χ4n) is 6.98. The lowest BCUT2D eigenvalue weighted by molar-refractivity contribution is -0.0660. The Morgan fingerprint density at radius 3 is 2.52 bits per heavy atom. The van der Waals surface area contributed by atoms with E-state index in [1.807, 2.05) is 43.6 Å². The maximum atomic E-state index is 13.7. The zero-order valence-corrected chi connectivity index (χ0v) is 26.1. The molecule has 3 aliphatic rings. The topological polar surface area (TPSA) is 115 Å². The van der Waals surface area contributed by atoms with E-state index in [2.05, 4.69) is 34.8 Å². The van der Waals surface area contributed by atoms with Crippen LogP contribution in [0.2, 0.25) is 0 Å². The summed E-state index contributed by atoms with van der Waals surface area (Å²) < 4.78 is 10.5. The van der Waals surface area contributed by atoms with Crippen LogP contribution in [-0.4, -0.2) is 79.2 Å². The number of fused-ring (bicyclic) bond motifs is 3. The number of pyridine rings is 3. The fraction of sp³-hybridized carbons (Fsp3) is 0.382. The van der Waals surface area contributed by atoms with Crippen molar-refractivity contribution in [2.24, 2.45) is 7.05 Å². The second-order valence-electron chi connectivity index (χ2n) is 12.5. The minimum absolute atomic E-state index is 0.168. The van der Waals surface area contributed by atoms with Crippen molar-refractivity contribution < 1.29 is 4.74 Å². The summed E-state index contributed by atoms with van der Waals surface area (Å²) in [7, 11) is 1.73. The SMILES string of the molecule is Cc1c(-c2cc(Nc3ccc(N4CCN(C5COC5)CC4)cn3)c(=O)n(C)c2)ccnc1-n1ncc2c3n(cc2c1=O)CCCC3. The second kappa shape index (κ2) is 11.5. The first-order chi connectivity index (χ1) is 22.4. The average Bonchev–Trinajstić information content (AvgIpc) is 3.43. The zero-order valence-electron chi connectivity index (χ0n) is 26.1. The Hall–Kier alpha value is -4.81. The van der Waals surface area contributed by atoms with Crippen LogP contribution in [-0.2, 0) is 24.8 Å². The number of aromatic nitrogens is 6. The number of anilines is 3. The Labute approximate surface area is 265 Å². The van der Waals surface area contributed by atoms with Crippen LogP contribution >= 0.6 is 0 Å². The first kappa shape index (κ1) is 28.6. The van der Waals surface area contributed by atoms with Crippen molar-refractivity contribution in [1.29, 1.82) is 0 Å². The molecule has 2 saturated heterocycles. The lowest BCUT2D eigenvalue weighted by Gasteiger charge is -2.43. The number of nitrogens with one attached hydrogen (secondary N) is 1. The first-order valence-electron chi connectivity index (χ1n) is 16.0. The second-order valence-corrected chi connectivity index (χ2v) is 12.5. The van der Waals surface area contributed by atoms with Crippen molar-refractivity contribution in [3.63, 3.8) is 0 Å². The standard InChI is InChI=1S/C34H37N9O3/c1-22-26(8-9-35-32(22)43-33(44)28-19-42-10-4-3-5-30(42)27(28)17-37-43)23-15-29(34(45)39(2)18-23)38-31-7-6-24(16-36-31)40-11-13-41(14-12-40)25-20-46-21-25/h6-9,15-19,25H,3-5,10-14,20-21H2,1-2H3,(H,36,38). The van der Waals surface area contributed by atoms with Gasteiger partial charge in [-0.2, -0.15) is 9.78 Å². The highest BCUT2D eigenvalue weighted by atomic mass is 16.5. The summed E-state index contributed by atoms with van der Waals surface area (Å²) in [4.78, 5) is 40.9. The van der Waals surface area contributed by atoms with Crippen LogP contribution < -0.4 is 21.3 Å². The smallest absolute Gasteiger partial charge is 0.282 e. The van der Waals surface area contributed by atoms with Crippen LogP contribution in [0.3, 0.4) is 0 Å². The molecule has 0 radical (unpaired) electrons. The summed E-state index contributed by atoms with van der Waals surface area (Å²) >= 11 is 0. The van der Waals surface area contributed by atoms with Gasteiger partial charge in [0.25, 0.3) is 11.1 Å². The molecule has 0 aromatic carbocycles. The van der Waals surface area contributed by atoms with E-state index in [0.29, 0.717) is 28.8 Å². The Kier molecular flexibility index (Phi) is 7.18. The van der Waals surface area contributed by atoms with Gasteiger partial charge < -0.3 is 24.1 Å². The van der Waals surface area contributed by atoms with Gasteiger partial charge in [0.1, 0.15) is 11.5 Å². The number of nitrogens with zero attached hydrogens (tertiary/aromatic N) is 8. The molecule has 236 valence electrons. The van der Waals surface area contributed by atoms with Crippen LogP contribution in [0.15, 0.2) is 64.8 Å². The van der Waals surface area contributed by atoms with Gasteiger partial charge in [-0.3, -0.25) is 14.5 Å². The summed E-state index contributed by atoms with van der Waals surface area (Å²) in [6.45, 7) is 8.46. The van der Waals surface area contributed by atoms with E-state index in [0.717, 1.165) is 93.0 Å². The molecule has 12 heteroatoms. The van der Waals surface area contributed by atoms with E-state index < -0.39 is 0 Å². The summed E-state index contributed by atoms with van der Waals surface area (Å²) in [5.41, 5.74) is 4.76. The first-order valence-corrected chi connectivity index (χ1v) is 16.0. The molecule has 12 nitrogen and oxygen atoms in total. The van der Waals surface area contributed by atoms with Gasteiger partial charge >= 0.3 is 0 Å². The Morgan fingerprint density at radius 1 is 0.913 bits per heavy atom. The molecule has 8 rings (SSSR count). The third kappa shape index (κ3) is 4.97. The van der Waals surface area contributed by atoms with Gasteiger partial charge in [-0.15, -0.1) is 0 Å². The number of rotatable bonds is 6. The van der Waals surface area contributed by atoms with Crippen LogP contribution in [0.4, 0.5) is 17.2 Å². The fourth-order valence-corrected chi connectivity index (χ4v) is 6.98. The highest BCUT2D eigenvalue weighted by Crippen LogP contribution is 2.29. The Morgan fingerprint density at radius 2 is 1.76 bits per heavy atom. The van der Waals surface area contributed by atoms with Crippen molar-refractivity contribution >= 4 is 28.0 Å². The molecule has 2 fully saturated rings. The van der Waals surface area contributed by atoms with Crippen molar-refractivity contribution in [2.75, 3.05) is 49.6 Å². The van der Waals surface area contributed by atoms with Crippen LogP contribution in [0, 0.1) is 6.92 Å². The normalized spacial score (nSPS) is 17.2. The van der Waals surface area contributed by atoms with Crippen molar-refractivity contribution in [2.45, 2.75) is 38.8 Å². The lowest BCUT2D eigenvalue weighted by atomic mass is 10.0.